The summed E-state index contributed by atoms with van der Waals surface area (Å²) in [6.07, 6.45) is 0.409. The van der Waals surface area contributed by atoms with Gasteiger partial charge < -0.3 is 9.47 Å². The maximum absolute atomic E-state index is 10.6. The van der Waals surface area contributed by atoms with Crippen molar-refractivity contribution in [1.82, 2.24) is 0 Å². The molecular weight excluding hydrogens is 200 g/mol. The molecule has 6 heteroatoms. The van der Waals surface area contributed by atoms with Crippen molar-refractivity contribution in [3.8, 4) is 0 Å². The molecule has 0 aromatic heterocycles. The largest absolute Gasteiger partial charge is 0.469 e. The fourth-order valence-corrected chi connectivity index (χ4v) is 0.649. The van der Waals surface area contributed by atoms with Gasteiger partial charge in [0, 0.05) is 0 Å². The summed E-state index contributed by atoms with van der Waals surface area (Å²) < 4.78 is 8.81. The molecule has 0 N–H and O–H groups in total. The van der Waals surface area contributed by atoms with Gasteiger partial charge in [0.25, 0.3) is 0 Å². The van der Waals surface area contributed by atoms with E-state index in [1.54, 1.807) is 0 Å². The maximum atomic E-state index is 10.6. The fourth-order valence-electron chi connectivity index (χ4n) is 0.649. The van der Waals surface area contributed by atoms with E-state index in [9.17, 15) is 9.59 Å². The zero-order chi connectivity index (χ0) is 11.5. The van der Waals surface area contributed by atoms with Gasteiger partial charge in [-0.2, -0.15) is 0 Å². The van der Waals surface area contributed by atoms with Gasteiger partial charge in [-0.25, -0.2) is 9.98 Å². The molecule has 0 radical (unpaired) electrons. The van der Waals surface area contributed by atoms with Crippen molar-refractivity contribution in [3.05, 3.63) is 0 Å². The average molecular weight is 214 g/mol. The van der Waals surface area contributed by atoms with E-state index in [2.05, 4.69) is 25.5 Å². The van der Waals surface area contributed by atoms with Crippen molar-refractivity contribution in [3.63, 3.8) is 0 Å². The van der Waals surface area contributed by atoms with Crippen molar-refractivity contribution in [2.75, 3.05) is 27.3 Å². The van der Waals surface area contributed by atoms with Crippen molar-refractivity contribution in [1.29, 1.82) is 0 Å². The Morgan fingerprint density at radius 2 is 1.40 bits per heavy atom. The second-order valence-corrected chi connectivity index (χ2v) is 2.52. The summed E-state index contributed by atoms with van der Waals surface area (Å²) in [5.74, 6) is -0.648. The third-order valence-corrected chi connectivity index (χ3v) is 1.45. The van der Waals surface area contributed by atoms with Gasteiger partial charge >= 0.3 is 11.9 Å². The summed E-state index contributed by atoms with van der Waals surface area (Å²) in [5.41, 5.74) is 0. The normalized spacial score (nSPS) is 8.67. The van der Waals surface area contributed by atoms with Crippen LogP contribution in [0.1, 0.15) is 12.8 Å². The molecule has 0 saturated carbocycles. The highest BCUT2D eigenvalue weighted by Crippen LogP contribution is 1.85. The Labute approximate surface area is 88.0 Å². The number of carbonyl (C=O) groups is 2. The molecule has 0 unspecified atom stereocenters. The van der Waals surface area contributed by atoms with Gasteiger partial charge in [0.05, 0.1) is 46.2 Å². The minimum atomic E-state index is -0.324. The molecule has 0 saturated heterocycles. The molecule has 0 amide bonds. The summed E-state index contributed by atoms with van der Waals surface area (Å²) in [4.78, 5) is 28.7. The lowest BCUT2D eigenvalue weighted by atomic mass is 10.4. The van der Waals surface area contributed by atoms with Crippen molar-refractivity contribution in [2.45, 2.75) is 12.8 Å². The molecule has 6 nitrogen and oxygen atoms in total. The van der Waals surface area contributed by atoms with E-state index in [0.29, 0.717) is 0 Å². The third kappa shape index (κ3) is 8.64. The average Bonchev–Trinajstić information content (AvgIpc) is 2.26. The minimum Gasteiger partial charge on any atom is -0.469 e. The molecule has 0 rings (SSSR count). The number of rotatable bonds is 6. The van der Waals surface area contributed by atoms with Gasteiger partial charge in [-0.15, -0.1) is 0 Å². The van der Waals surface area contributed by atoms with Gasteiger partial charge in [-0.3, -0.25) is 9.59 Å². The van der Waals surface area contributed by atoms with Gasteiger partial charge in [-0.05, 0) is 0 Å². The standard InChI is InChI=1S/C9H14N2O4/c1-14-8(12)3-5-10-7-11-6-4-9(13)15-2/h3-6H2,1-2H3. The molecule has 84 valence electrons. The number of nitrogens with zero attached hydrogens (tertiary/aromatic N) is 2. The Hall–Kier alpha value is -1.68. The second-order valence-electron chi connectivity index (χ2n) is 2.52. The Morgan fingerprint density at radius 3 is 1.73 bits per heavy atom. The molecule has 0 aromatic rings. The van der Waals surface area contributed by atoms with E-state index in [0.717, 1.165) is 0 Å². The molecule has 0 bridgehead atoms. The first kappa shape index (κ1) is 13.3. The second kappa shape index (κ2) is 8.90. The first-order valence-electron chi connectivity index (χ1n) is 4.42. The number of aliphatic imine (C=N–C) groups is 2. The summed E-state index contributed by atoms with van der Waals surface area (Å²) in [6.45, 7) is 0.572. The number of esters is 2. The zero-order valence-corrected chi connectivity index (χ0v) is 8.86. The SMILES string of the molecule is COC(=O)CCN=C=NCCC(=O)OC. The predicted molar refractivity (Wildman–Crippen MR) is 52.9 cm³/mol. The summed E-state index contributed by atoms with van der Waals surface area (Å²) in [5, 5.41) is 0. The van der Waals surface area contributed by atoms with Crippen molar-refractivity contribution < 1.29 is 19.1 Å². The molecule has 0 spiro atoms. The Morgan fingerprint density at radius 1 is 1.00 bits per heavy atom. The van der Waals surface area contributed by atoms with Crippen molar-refractivity contribution in [2.24, 2.45) is 9.98 Å². The Balaban J connectivity index is 3.55. The Bertz CT molecular complexity index is 245. The maximum Gasteiger partial charge on any atom is 0.307 e. The molecular formula is C9H14N2O4. The number of methoxy groups -OCH3 is 2. The molecule has 0 aromatic carbocycles. The van der Waals surface area contributed by atoms with E-state index < -0.39 is 0 Å². The van der Waals surface area contributed by atoms with Crippen LogP contribution in [0.3, 0.4) is 0 Å². The van der Waals surface area contributed by atoms with Crippen LogP contribution >= 0.6 is 0 Å². The highest BCUT2D eigenvalue weighted by atomic mass is 16.5. The molecule has 0 fully saturated rings. The monoisotopic (exact) mass is 214 g/mol. The lowest BCUT2D eigenvalue weighted by Gasteiger charge is -1.92. The number of carbonyl (C=O) groups excluding carboxylic acids is 2. The number of hydrogen-bond acceptors (Lipinski definition) is 6. The quantitative estimate of drug-likeness (QED) is 0.470. The van der Waals surface area contributed by atoms with Crippen LogP contribution in [0.2, 0.25) is 0 Å². The van der Waals surface area contributed by atoms with Crippen LogP contribution in [0.25, 0.3) is 0 Å². The van der Waals surface area contributed by atoms with E-state index in [1.807, 2.05) is 0 Å². The zero-order valence-electron chi connectivity index (χ0n) is 8.86. The van der Waals surface area contributed by atoms with E-state index in [4.69, 9.17) is 0 Å². The summed E-state index contributed by atoms with van der Waals surface area (Å²) in [7, 11) is 2.63. The first-order valence-corrected chi connectivity index (χ1v) is 4.42. The van der Waals surface area contributed by atoms with Crippen LogP contribution < -0.4 is 0 Å². The topological polar surface area (TPSA) is 77.3 Å². The van der Waals surface area contributed by atoms with Crippen LogP contribution in [0.15, 0.2) is 9.98 Å². The highest BCUT2D eigenvalue weighted by Gasteiger charge is 1.97. The third-order valence-electron chi connectivity index (χ3n) is 1.45. The Kier molecular flexibility index (Phi) is 7.90. The molecule has 15 heavy (non-hydrogen) atoms. The van der Waals surface area contributed by atoms with E-state index >= 15 is 0 Å². The number of ether oxygens (including phenoxy) is 2. The smallest absolute Gasteiger partial charge is 0.307 e. The molecule has 0 aliphatic heterocycles. The summed E-state index contributed by atoms with van der Waals surface area (Å²) in [6, 6.07) is 2.38. The predicted octanol–water partition coefficient (Wildman–Crippen LogP) is 0.286. The van der Waals surface area contributed by atoms with Crippen molar-refractivity contribution >= 4 is 17.9 Å². The van der Waals surface area contributed by atoms with E-state index in [-0.39, 0.29) is 37.9 Å². The van der Waals surface area contributed by atoms with Crippen LogP contribution in [0, 0.1) is 0 Å². The van der Waals surface area contributed by atoms with E-state index in [1.165, 1.54) is 14.2 Å². The van der Waals surface area contributed by atoms with Crippen LogP contribution in [0.5, 0.6) is 0 Å². The minimum absolute atomic E-state index is 0.204. The molecule has 0 aliphatic rings. The van der Waals surface area contributed by atoms with Gasteiger partial charge in [0.2, 0.25) is 0 Å². The van der Waals surface area contributed by atoms with Crippen LogP contribution in [-0.4, -0.2) is 45.3 Å². The summed E-state index contributed by atoms with van der Waals surface area (Å²) >= 11 is 0. The fraction of sp³-hybridized carbons (Fsp3) is 0.667. The lowest BCUT2D eigenvalue weighted by Crippen LogP contribution is -2.02. The van der Waals surface area contributed by atoms with Gasteiger partial charge in [0.15, 0.2) is 0 Å². The van der Waals surface area contributed by atoms with Crippen LogP contribution in [-0.2, 0) is 19.1 Å². The number of hydrogen-bond donors (Lipinski definition) is 0. The first-order chi connectivity index (χ1) is 7.20. The molecule has 0 aliphatic carbocycles. The highest BCUT2D eigenvalue weighted by molar-refractivity contribution is 5.70. The van der Waals surface area contributed by atoms with Gasteiger partial charge in [0.1, 0.15) is 0 Å². The molecule has 0 atom stereocenters. The van der Waals surface area contributed by atoms with Crippen LogP contribution in [0.4, 0.5) is 0 Å². The van der Waals surface area contributed by atoms with Gasteiger partial charge in [-0.1, -0.05) is 0 Å². The molecule has 0 heterocycles. The lowest BCUT2D eigenvalue weighted by molar-refractivity contribution is -0.141.